The van der Waals surface area contributed by atoms with Crippen molar-refractivity contribution >= 4 is 18.2 Å². The molecule has 30 heavy (non-hydrogen) atoms. The molecule has 0 saturated carbocycles. The van der Waals surface area contributed by atoms with Crippen LogP contribution >= 0.6 is 0 Å². The van der Waals surface area contributed by atoms with Crippen molar-refractivity contribution in [2.24, 2.45) is 0 Å². The van der Waals surface area contributed by atoms with Gasteiger partial charge < -0.3 is 14.2 Å². The molecule has 2 aromatic carbocycles. The number of carbonyl (C=O) groups excluding carboxylic acids is 3. The van der Waals surface area contributed by atoms with Crippen LogP contribution in [0.15, 0.2) is 54.5 Å². The summed E-state index contributed by atoms with van der Waals surface area (Å²) in [5.41, 5.74) is 0.700. The van der Waals surface area contributed by atoms with E-state index in [1.54, 1.807) is 13.8 Å². The first-order chi connectivity index (χ1) is 16.4. The Balaban J connectivity index is 2.65. The lowest BCUT2D eigenvalue weighted by Gasteiger charge is -2.37. The van der Waals surface area contributed by atoms with Gasteiger partial charge in [-0.15, -0.1) is 0 Å². The predicted octanol–water partition coefficient (Wildman–Crippen LogP) is 3.86. The fourth-order valence-corrected chi connectivity index (χ4v) is 2.68. The van der Waals surface area contributed by atoms with Crippen LogP contribution in [0.25, 0.3) is 11.1 Å². The second-order valence-electron chi connectivity index (χ2n) is 6.01. The monoisotopic (exact) mass is 419 g/mol. The Morgan fingerprint density at radius 3 is 2.13 bits per heavy atom. The van der Waals surface area contributed by atoms with Crippen LogP contribution < -0.4 is 5.43 Å². The van der Waals surface area contributed by atoms with Crippen LogP contribution in [0.2, 0.25) is 0 Å². The Morgan fingerprint density at radius 1 is 1.00 bits per heavy atom. The Hall–Kier alpha value is -3.55. The topological polar surface area (TPSA) is 94.2 Å². The number of rotatable bonds is 6. The summed E-state index contributed by atoms with van der Waals surface area (Å²) in [6.45, 7) is 4.38. The highest BCUT2D eigenvalue weighted by molar-refractivity contribution is 5.88. The van der Waals surface area contributed by atoms with Crippen molar-refractivity contribution in [3.05, 3.63) is 60.0 Å². The van der Waals surface area contributed by atoms with E-state index in [-0.39, 0.29) is 29.9 Å². The van der Waals surface area contributed by atoms with E-state index in [1.807, 2.05) is 0 Å². The highest BCUT2D eigenvalue weighted by atomic mass is 16.6. The number of hydrogen-bond acceptors (Lipinski definition) is 6. The van der Waals surface area contributed by atoms with Gasteiger partial charge in [0, 0.05) is 0 Å². The molecule has 0 radical (unpaired) electrons. The lowest BCUT2D eigenvalue weighted by atomic mass is 9.90. The Kier molecular flexibility index (Phi) is 5.58. The Bertz CT molecular complexity index is 1100. The molecule has 0 aliphatic heterocycles. The lowest BCUT2D eigenvalue weighted by molar-refractivity contribution is -0.155. The zero-order valence-corrected chi connectivity index (χ0v) is 17.1. The molecule has 1 atom stereocenters. The van der Waals surface area contributed by atoms with Gasteiger partial charge in [0.2, 0.25) is 0 Å². The quantitative estimate of drug-likeness (QED) is 0.434. The molecule has 0 unspecified atom stereocenters. The van der Waals surface area contributed by atoms with Gasteiger partial charge in [-0.3, -0.25) is 0 Å². The summed E-state index contributed by atoms with van der Waals surface area (Å²) >= 11 is 0. The SMILES string of the molecule is [2H]c1c([2H])c([2H])c(-c2ccc([C@](C)(C(=O)OC)N(NC(=O)OCC)C(=O)OCC)cc2)c([2H])c1[2H]. The molecular formula is C22H26N2O6. The van der Waals surface area contributed by atoms with E-state index in [1.165, 1.54) is 31.2 Å². The molecule has 0 saturated heterocycles. The van der Waals surface area contributed by atoms with Crippen molar-refractivity contribution in [1.29, 1.82) is 0 Å². The third-order valence-corrected chi connectivity index (χ3v) is 4.19. The number of methoxy groups -OCH3 is 1. The molecule has 8 heteroatoms. The Morgan fingerprint density at radius 2 is 1.60 bits per heavy atom. The molecule has 1 N–H and O–H groups in total. The molecule has 8 nitrogen and oxygen atoms in total. The number of ether oxygens (including phenoxy) is 3. The van der Waals surface area contributed by atoms with Crippen LogP contribution in [-0.4, -0.2) is 43.5 Å². The number of esters is 1. The third kappa shape index (κ3) is 4.89. The molecule has 0 heterocycles. The maximum absolute atomic E-state index is 12.9. The number of benzene rings is 2. The van der Waals surface area contributed by atoms with Gasteiger partial charge in [0.15, 0.2) is 5.54 Å². The van der Waals surface area contributed by atoms with Crippen molar-refractivity contribution in [2.45, 2.75) is 26.3 Å². The number of hydrogen-bond donors (Lipinski definition) is 1. The number of hydrazine groups is 1. The molecule has 0 fully saturated rings. The molecule has 0 aliphatic rings. The second-order valence-corrected chi connectivity index (χ2v) is 6.01. The molecular weight excluding hydrogens is 388 g/mol. The van der Waals surface area contributed by atoms with E-state index >= 15 is 0 Å². The molecule has 2 rings (SSSR count). The largest absolute Gasteiger partial charge is 0.467 e. The van der Waals surface area contributed by atoms with Crippen LogP contribution in [0.5, 0.6) is 0 Å². The van der Waals surface area contributed by atoms with Crippen LogP contribution in [0.1, 0.15) is 33.2 Å². The van der Waals surface area contributed by atoms with Crippen LogP contribution in [0.4, 0.5) is 9.59 Å². The summed E-state index contributed by atoms with van der Waals surface area (Å²) < 4.78 is 54.6. The Labute approximate surface area is 182 Å². The van der Waals surface area contributed by atoms with Gasteiger partial charge in [-0.05, 0) is 37.5 Å². The average Bonchev–Trinajstić information content (AvgIpc) is 2.84. The van der Waals surface area contributed by atoms with E-state index in [2.05, 4.69) is 5.43 Å². The van der Waals surface area contributed by atoms with E-state index in [0.717, 1.165) is 7.11 Å². The van der Waals surface area contributed by atoms with Crippen molar-refractivity contribution in [3.8, 4) is 11.1 Å². The minimum atomic E-state index is -1.92. The fraction of sp³-hybridized carbons (Fsp3) is 0.318. The van der Waals surface area contributed by atoms with Gasteiger partial charge >= 0.3 is 18.2 Å². The number of amides is 2. The first-order valence-corrected chi connectivity index (χ1v) is 9.12. The molecule has 0 aromatic heterocycles. The highest BCUT2D eigenvalue weighted by Gasteiger charge is 2.47. The summed E-state index contributed by atoms with van der Waals surface area (Å²) in [4.78, 5) is 37.8. The third-order valence-electron chi connectivity index (χ3n) is 4.19. The summed E-state index contributed by atoms with van der Waals surface area (Å²) in [5, 5.41) is 0.653. The van der Waals surface area contributed by atoms with Gasteiger partial charge in [-0.25, -0.2) is 19.8 Å². The average molecular weight is 419 g/mol. The molecule has 0 aliphatic carbocycles. The van der Waals surface area contributed by atoms with E-state index < -0.39 is 53.9 Å². The molecule has 2 aromatic rings. The fourth-order valence-electron chi connectivity index (χ4n) is 2.68. The molecule has 0 spiro atoms. The summed E-state index contributed by atoms with van der Waals surface area (Å²) in [6.07, 6.45) is -2.06. The van der Waals surface area contributed by atoms with Crippen molar-refractivity contribution < 1.29 is 35.4 Å². The summed E-state index contributed by atoms with van der Waals surface area (Å²) in [7, 11) is 1.11. The lowest BCUT2D eigenvalue weighted by Crippen LogP contribution is -2.60. The maximum Gasteiger partial charge on any atom is 0.430 e. The van der Waals surface area contributed by atoms with Crippen LogP contribution in [0, 0.1) is 0 Å². The van der Waals surface area contributed by atoms with E-state index in [4.69, 9.17) is 21.1 Å². The first-order valence-electron chi connectivity index (χ1n) is 11.6. The zero-order valence-electron chi connectivity index (χ0n) is 22.1. The van der Waals surface area contributed by atoms with Crippen molar-refractivity contribution in [3.63, 3.8) is 0 Å². The van der Waals surface area contributed by atoms with E-state index in [9.17, 15) is 14.4 Å². The smallest absolute Gasteiger partial charge is 0.430 e. The normalized spacial score (nSPS) is 14.6. The second kappa shape index (κ2) is 10.3. The summed E-state index contributed by atoms with van der Waals surface area (Å²) in [5.74, 6) is -0.919. The standard InChI is InChI=1S/C22H26N2O6/c1-5-29-20(26)23-24(21(27)30-6-2)22(3,19(25)28-4)18-14-12-17(13-15-18)16-10-8-7-9-11-16/h7-15H,5-6H2,1-4H3,(H,23,26)/t22-/m1/s1/i7D,8D,9D,10D,11D. The van der Waals surface area contributed by atoms with Gasteiger partial charge in [0.1, 0.15) is 0 Å². The van der Waals surface area contributed by atoms with Crippen LogP contribution in [-0.2, 0) is 24.5 Å². The first kappa shape index (κ1) is 16.3. The van der Waals surface area contributed by atoms with Crippen molar-refractivity contribution in [1.82, 2.24) is 10.4 Å². The van der Waals surface area contributed by atoms with Crippen molar-refractivity contribution in [2.75, 3.05) is 20.3 Å². The van der Waals surface area contributed by atoms with Gasteiger partial charge in [-0.1, -0.05) is 54.5 Å². The van der Waals surface area contributed by atoms with Gasteiger partial charge in [0.05, 0.1) is 27.2 Å². The summed E-state index contributed by atoms with van der Waals surface area (Å²) in [6, 6.07) is 3.39. The van der Waals surface area contributed by atoms with Gasteiger partial charge in [0.25, 0.3) is 0 Å². The predicted molar refractivity (Wildman–Crippen MR) is 110 cm³/mol. The highest BCUT2D eigenvalue weighted by Crippen LogP contribution is 2.31. The molecule has 2 amide bonds. The van der Waals surface area contributed by atoms with Gasteiger partial charge in [-0.2, -0.15) is 5.01 Å². The number of nitrogens with one attached hydrogen (secondary N) is 1. The molecule has 160 valence electrons. The van der Waals surface area contributed by atoms with E-state index in [0.29, 0.717) is 5.01 Å². The van der Waals surface area contributed by atoms with Crippen LogP contribution in [0.3, 0.4) is 0 Å². The number of carbonyl (C=O) groups is 3. The minimum absolute atomic E-state index is 0.00410. The number of nitrogens with zero attached hydrogens (tertiary/aromatic N) is 1. The maximum atomic E-state index is 12.9. The molecule has 0 bridgehead atoms. The zero-order chi connectivity index (χ0) is 26.5. The minimum Gasteiger partial charge on any atom is -0.467 e.